The van der Waals surface area contributed by atoms with Crippen LogP contribution in [0.25, 0.3) is 0 Å². The maximum Gasteiger partial charge on any atom is 0.270 e. The lowest BCUT2D eigenvalue weighted by molar-refractivity contribution is -0.117. The minimum absolute atomic E-state index is 0.00540. The van der Waals surface area contributed by atoms with Crippen molar-refractivity contribution in [3.05, 3.63) is 36.4 Å². The van der Waals surface area contributed by atoms with Gasteiger partial charge in [0, 0.05) is 39.5 Å². The average molecular weight is 313 g/mol. The van der Waals surface area contributed by atoms with Gasteiger partial charge in [-0.3, -0.25) is 14.3 Å². The highest BCUT2D eigenvalue weighted by Crippen LogP contribution is 2.36. The number of fused-ring (bicyclic) bond motifs is 1. The van der Waals surface area contributed by atoms with E-state index in [1.54, 1.807) is 10.9 Å². The van der Waals surface area contributed by atoms with Crippen molar-refractivity contribution in [3.8, 4) is 0 Å². The number of hydrogen-bond acceptors (Lipinski definition) is 3. The number of likely N-dealkylation sites (tertiary alicyclic amines) is 1. The van der Waals surface area contributed by atoms with Crippen molar-refractivity contribution in [1.82, 2.24) is 19.2 Å². The quantitative estimate of drug-likeness (QED) is 0.823. The smallest absolute Gasteiger partial charge is 0.270 e. The number of anilines is 1. The third-order valence-corrected chi connectivity index (χ3v) is 4.89. The van der Waals surface area contributed by atoms with E-state index in [0.29, 0.717) is 18.7 Å². The Morgan fingerprint density at radius 3 is 2.78 bits per heavy atom. The Balaban J connectivity index is 1.61. The molecular formula is C16H19N5O2. The molecule has 2 atom stereocenters. The first-order valence-electron chi connectivity index (χ1n) is 7.79. The van der Waals surface area contributed by atoms with E-state index >= 15 is 0 Å². The predicted molar refractivity (Wildman–Crippen MR) is 84.0 cm³/mol. The van der Waals surface area contributed by atoms with Crippen LogP contribution in [0.15, 0.2) is 30.7 Å². The lowest BCUT2D eigenvalue weighted by atomic mass is 10.1. The number of carbonyl (C=O) groups excluding carboxylic acids is 2. The number of carbonyl (C=O) groups is 2. The highest BCUT2D eigenvalue weighted by molar-refractivity contribution is 5.99. The highest BCUT2D eigenvalue weighted by Gasteiger charge is 2.49. The van der Waals surface area contributed by atoms with Gasteiger partial charge in [-0.15, -0.1) is 0 Å². The van der Waals surface area contributed by atoms with E-state index in [1.807, 2.05) is 53.0 Å². The zero-order valence-corrected chi connectivity index (χ0v) is 13.2. The fraction of sp³-hybridized carbons (Fsp3) is 0.438. The summed E-state index contributed by atoms with van der Waals surface area (Å²) in [6.45, 7) is 0.684. The molecule has 0 aromatic carbocycles. The van der Waals surface area contributed by atoms with E-state index in [2.05, 4.69) is 5.10 Å². The zero-order valence-electron chi connectivity index (χ0n) is 13.2. The standard InChI is InChI=1S/C16H19N5O2/c1-18-6-3-4-13(18)16(23)20-7-5-12-14(20)8-15(22)21(12)11-9-17-19(2)10-11/h3-4,6,9-10,12,14H,5,7-8H2,1-2H3/t12-,14+/m0/s1. The molecule has 4 rings (SSSR count). The van der Waals surface area contributed by atoms with E-state index in [0.717, 1.165) is 12.1 Å². The fourth-order valence-corrected chi connectivity index (χ4v) is 3.80. The maximum atomic E-state index is 12.8. The molecule has 2 amide bonds. The molecule has 0 bridgehead atoms. The van der Waals surface area contributed by atoms with Crippen LogP contribution in [0.1, 0.15) is 23.3 Å². The highest BCUT2D eigenvalue weighted by atomic mass is 16.2. The summed E-state index contributed by atoms with van der Waals surface area (Å²) < 4.78 is 3.52. The first-order valence-corrected chi connectivity index (χ1v) is 7.79. The molecular weight excluding hydrogens is 294 g/mol. The number of aryl methyl sites for hydroxylation is 2. The molecule has 7 heteroatoms. The van der Waals surface area contributed by atoms with Gasteiger partial charge in [0.25, 0.3) is 5.91 Å². The minimum Gasteiger partial charge on any atom is -0.347 e. The molecule has 0 aliphatic carbocycles. The Labute approximate surface area is 134 Å². The Hall–Kier alpha value is -2.57. The maximum absolute atomic E-state index is 12.8. The SMILES string of the molecule is Cn1cc(N2C(=O)C[C@@H]3[C@@H]2CCN3C(=O)c2cccn2C)cn1. The van der Waals surface area contributed by atoms with Crippen LogP contribution >= 0.6 is 0 Å². The lowest BCUT2D eigenvalue weighted by Gasteiger charge is -2.24. The van der Waals surface area contributed by atoms with Gasteiger partial charge < -0.3 is 14.4 Å². The molecule has 7 nitrogen and oxygen atoms in total. The number of rotatable bonds is 2. The molecule has 0 spiro atoms. The molecule has 0 saturated carbocycles. The van der Waals surface area contributed by atoms with Crippen molar-refractivity contribution in [2.45, 2.75) is 24.9 Å². The normalized spacial score (nSPS) is 23.7. The second kappa shape index (κ2) is 4.97. The van der Waals surface area contributed by atoms with E-state index in [1.165, 1.54) is 0 Å². The molecule has 0 N–H and O–H groups in total. The van der Waals surface area contributed by atoms with Gasteiger partial charge in [-0.25, -0.2) is 0 Å². The Kier molecular flexibility index (Phi) is 3.04. The van der Waals surface area contributed by atoms with Crippen molar-refractivity contribution < 1.29 is 9.59 Å². The van der Waals surface area contributed by atoms with Crippen molar-refractivity contribution in [2.75, 3.05) is 11.4 Å². The van der Waals surface area contributed by atoms with Crippen molar-refractivity contribution in [2.24, 2.45) is 14.1 Å². The summed E-state index contributed by atoms with van der Waals surface area (Å²) in [6.07, 6.45) is 6.61. The molecule has 120 valence electrons. The van der Waals surface area contributed by atoms with E-state index < -0.39 is 0 Å². The van der Waals surface area contributed by atoms with Crippen molar-refractivity contribution in [1.29, 1.82) is 0 Å². The van der Waals surface area contributed by atoms with Crippen molar-refractivity contribution in [3.63, 3.8) is 0 Å². The molecule has 2 aliphatic heterocycles. The van der Waals surface area contributed by atoms with Gasteiger partial charge >= 0.3 is 0 Å². The number of aromatic nitrogens is 3. The Morgan fingerprint density at radius 2 is 2.13 bits per heavy atom. The first-order chi connectivity index (χ1) is 11.1. The lowest BCUT2D eigenvalue weighted by Crippen LogP contribution is -2.40. The summed E-state index contributed by atoms with van der Waals surface area (Å²) >= 11 is 0. The van der Waals surface area contributed by atoms with E-state index in [-0.39, 0.29) is 23.9 Å². The number of hydrogen-bond donors (Lipinski definition) is 0. The second-order valence-corrected chi connectivity index (χ2v) is 6.27. The minimum atomic E-state index is -0.0508. The van der Waals surface area contributed by atoms with Gasteiger partial charge in [0.05, 0.1) is 24.0 Å². The summed E-state index contributed by atoms with van der Waals surface area (Å²) in [5.41, 5.74) is 1.48. The molecule has 2 aromatic rings. The van der Waals surface area contributed by atoms with Gasteiger partial charge in [-0.1, -0.05) is 0 Å². The first kappa shape index (κ1) is 14.0. The third-order valence-electron chi connectivity index (χ3n) is 4.89. The molecule has 2 fully saturated rings. The summed E-state index contributed by atoms with van der Waals surface area (Å²) in [7, 11) is 3.70. The molecule has 23 heavy (non-hydrogen) atoms. The van der Waals surface area contributed by atoms with Crippen LogP contribution in [0.3, 0.4) is 0 Å². The Bertz CT molecular complexity index is 777. The topological polar surface area (TPSA) is 63.4 Å². The van der Waals surface area contributed by atoms with E-state index in [4.69, 9.17) is 0 Å². The van der Waals surface area contributed by atoms with Gasteiger partial charge in [0.2, 0.25) is 5.91 Å². The summed E-state index contributed by atoms with van der Waals surface area (Å²) in [6, 6.07) is 3.69. The predicted octanol–water partition coefficient (Wildman–Crippen LogP) is 0.779. The van der Waals surface area contributed by atoms with Gasteiger partial charge in [-0.2, -0.15) is 5.10 Å². The summed E-state index contributed by atoms with van der Waals surface area (Å²) in [4.78, 5) is 28.9. The van der Waals surface area contributed by atoms with Crippen LogP contribution in [-0.4, -0.2) is 49.7 Å². The average Bonchev–Trinajstić information content (AvgIpc) is 3.24. The largest absolute Gasteiger partial charge is 0.347 e. The van der Waals surface area contributed by atoms with E-state index in [9.17, 15) is 9.59 Å². The van der Waals surface area contributed by atoms with Gasteiger partial charge in [-0.05, 0) is 18.6 Å². The van der Waals surface area contributed by atoms with Crippen LogP contribution < -0.4 is 4.90 Å². The zero-order chi connectivity index (χ0) is 16.1. The fourth-order valence-electron chi connectivity index (χ4n) is 3.80. The molecule has 2 aliphatic rings. The third kappa shape index (κ3) is 2.07. The molecule has 4 heterocycles. The molecule has 2 saturated heterocycles. The molecule has 2 aromatic heterocycles. The Morgan fingerprint density at radius 1 is 1.30 bits per heavy atom. The van der Waals surface area contributed by atoms with Crippen LogP contribution in [0.2, 0.25) is 0 Å². The number of nitrogens with zero attached hydrogens (tertiary/aromatic N) is 5. The van der Waals surface area contributed by atoms with Gasteiger partial charge in [0.1, 0.15) is 5.69 Å². The van der Waals surface area contributed by atoms with Gasteiger partial charge in [0.15, 0.2) is 0 Å². The van der Waals surface area contributed by atoms with Crippen LogP contribution in [0, 0.1) is 0 Å². The monoisotopic (exact) mass is 313 g/mol. The van der Waals surface area contributed by atoms with Crippen LogP contribution in [-0.2, 0) is 18.9 Å². The summed E-state index contributed by atoms with van der Waals surface area (Å²) in [5, 5.41) is 4.16. The number of amides is 2. The molecule has 0 unspecified atom stereocenters. The van der Waals surface area contributed by atoms with Crippen LogP contribution in [0.5, 0.6) is 0 Å². The molecule has 0 radical (unpaired) electrons. The van der Waals surface area contributed by atoms with Crippen LogP contribution in [0.4, 0.5) is 5.69 Å². The summed E-state index contributed by atoms with van der Waals surface area (Å²) in [5.74, 6) is 0.0724. The second-order valence-electron chi connectivity index (χ2n) is 6.27. The van der Waals surface area contributed by atoms with Crippen molar-refractivity contribution >= 4 is 17.5 Å².